The maximum atomic E-state index is 12.2. The molecule has 3 amide bonds. The van der Waals surface area contributed by atoms with Crippen LogP contribution >= 0.6 is 0 Å². The smallest absolute Gasteiger partial charge is 0.409 e. The number of nitrogens with zero attached hydrogens (tertiary/aromatic N) is 3. The number of amides is 3. The van der Waals surface area contributed by atoms with Crippen molar-refractivity contribution in [2.24, 2.45) is 5.10 Å². The number of hydrogen-bond donors (Lipinski definition) is 1. The van der Waals surface area contributed by atoms with E-state index in [0.717, 1.165) is 11.3 Å². The molecule has 1 aromatic carbocycles. The monoisotopic (exact) mass is 390 g/mol. The van der Waals surface area contributed by atoms with Gasteiger partial charge in [-0.25, -0.2) is 10.2 Å². The van der Waals surface area contributed by atoms with E-state index in [2.05, 4.69) is 10.5 Å². The third-order valence-corrected chi connectivity index (χ3v) is 4.25. The molecule has 1 aliphatic heterocycles. The van der Waals surface area contributed by atoms with Crippen molar-refractivity contribution in [3.05, 3.63) is 29.8 Å². The van der Waals surface area contributed by atoms with Crippen LogP contribution in [0.15, 0.2) is 29.4 Å². The van der Waals surface area contributed by atoms with Crippen LogP contribution in [0, 0.1) is 0 Å². The summed E-state index contributed by atoms with van der Waals surface area (Å²) in [5.74, 6) is -0.691. The molecule has 0 radical (unpaired) electrons. The van der Waals surface area contributed by atoms with Gasteiger partial charge >= 0.3 is 17.9 Å². The first kappa shape index (κ1) is 21.2. The molecule has 1 saturated heterocycles. The molecule has 28 heavy (non-hydrogen) atoms. The van der Waals surface area contributed by atoms with E-state index in [9.17, 15) is 14.4 Å². The summed E-state index contributed by atoms with van der Waals surface area (Å²) >= 11 is 0. The molecule has 0 aliphatic carbocycles. The molecular weight excluding hydrogens is 364 g/mol. The molecule has 1 fully saturated rings. The number of hydrazone groups is 1. The fraction of sp³-hybridized carbons (Fsp3) is 0.474. The van der Waals surface area contributed by atoms with Crippen LogP contribution in [0.5, 0.6) is 5.75 Å². The molecule has 1 aliphatic rings. The Morgan fingerprint density at radius 1 is 1.07 bits per heavy atom. The number of nitrogens with one attached hydrogen (secondary N) is 1. The molecule has 9 heteroatoms. The van der Waals surface area contributed by atoms with E-state index < -0.39 is 17.9 Å². The summed E-state index contributed by atoms with van der Waals surface area (Å²) in [6.07, 6.45) is 0.134. The molecule has 1 heterocycles. The lowest BCUT2D eigenvalue weighted by molar-refractivity contribution is -0.146. The quantitative estimate of drug-likeness (QED) is 0.460. The molecule has 0 bridgehead atoms. The second-order valence-corrected chi connectivity index (χ2v) is 6.29. The molecule has 0 aromatic heterocycles. The van der Waals surface area contributed by atoms with Crippen LogP contribution in [0.3, 0.4) is 0 Å². The van der Waals surface area contributed by atoms with Crippen LogP contribution in [0.1, 0.15) is 19.4 Å². The summed E-state index contributed by atoms with van der Waals surface area (Å²) in [4.78, 5) is 38.9. The van der Waals surface area contributed by atoms with Crippen molar-refractivity contribution in [3.8, 4) is 5.75 Å². The average molecular weight is 390 g/mol. The second-order valence-electron chi connectivity index (χ2n) is 6.29. The molecule has 9 nitrogen and oxygen atoms in total. The van der Waals surface area contributed by atoms with E-state index >= 15 is 0 Å². The number of carbonyl (C=O) groups excluding carboxylic acids is 3. The standard InChI is InChI=1S/C19H26N4O5/c1-4-28-19(26)23-11-9-22(10-12-23)18(25)17(24)21-20-14(2)13-15-5-7-16(27-3)8-6-15/h5-8H,4,9-13H2,1-3H3,(H,21,24). The lowest BCUT2D eigenvalue weighted by atomic mass is 10.1. The zero-order valence-electron chi connectivity index (χ0n) is 16.4. The number of methoxy groups -OCH3 is 1. The Hall–Kier alpha value is -3.10. The Bertz CT molecular complexity index is 724. The van der Waals surface area contributed by atoms with Crippen LogP contribution in [0.4, 0.5) is 4.79 Å². The van der Waals surface area contributed by atoms with E-state index in [1.807, 2.05) is 24.3 Å². The maximum absolute atomic E-state index is 12.2. The van der Waals surface area contributed by atoms with Gasteiger partial charge in [0, 0.05) is 38.3 Å². The van der Waals surface area contributed by atoms with Crippen molar-refractivity contribution in [1.29, 1.82) is 0 Å². The summed E-state index contributed by atoms with van der Waals surface area (Å²) in [5.41, 5.74) is 3.98. The van der Waals surface area contributed by atoms with Gasteiger partial charge in [0.05, 0.1) is 13.7 Å². The van der Waals surface area contributed by atoms with Gasteiger partial charge in [-0.15, -0.1) is 0 Å². The number of piperazine rings is 1. The van der Waals surface area contributed by atoms with Gasteiger partial charge in [0.25, 0.3) is 0 Å². The van der Waals surface area contributed by atoms with Gasteiger partial charge in [-0.3, -0.25) is 9.59 Å². The van der Waals surface area contributed by atoms with Crippen molar-refractivity contribution >= 4 is 23.6 Å². The first-order valence-corrected chi connectivity index (χ1v) is 9.11. The number of hydrogen-bond acceptors (Lipinski definition) is 6. The van der Waals surface area contributed by atoms with Crippen molar-refractivity contribution in [2.75, 3.05) is 39.9 Å². The van der Waals surface area contributed by atoms with Gasteiger partial charge in [0.1, 0.15) is 5.75 Å². The van der Waals surface area contributed by atoms with Crippen molar-refractivity contribution < 1.29 is 23.9 Å². The maximum Gasteiger partial charge on any atom is 0.409 e. The zero-order chi connectivity index (χ0) is 20.5. The van der Waals surface area contributed by atoms with E-state index in [1.165, 1.54) is 9.80 Å². The van der Waals surface area contributed by atoms with Crippen molar-refractivity contribution in [2.45, 2.75) is 20.3 Å². The third-order valence-electron chi connectivity index (χ3n) is 4.25. The van der Waals surface area contributed by atoms with E-state index in [0.29, 0.717) is 31.8 Å². The fourth-order valence-corrected chi connectivity index (χ4v) is 2.72. The predicted molar refractivity (Wildman–Crippen MR) is 103 cm³/mol. The molecular formula is C19H26N4O5. The van der Waals surface area contributed by atoms with E-state index in [4.69, 9.17) is 9.47 Å². The number of rotatable bonds is 5. The molecule has 0 saturated carbocycles. The number of carbonyl (C=O) groups is 3. The predicted octanol–water partition coefficient (Wildman–Crippen LogP) is 1.03. The highest BCUT2D eigenvalue weighted by atomic mass is 16.6. The summed E-state index contributed by atoms with van der Waals surface area (Å²) in [7, 11) is 1.60. The molecule has 152 valence electrons. The van der Waals surface area contributed by atoms with Gasteiger partial charge in [0.2, 0.25) is 0 Å². The Balaban J connectivity index is 1.80. The van der Waals surface area contributed by atoms with Gasteiger partial charge in [-0.1, -0.05) is 12.1 Å². The molecule has 0 atom stereocenters. The van der Waals surface area contributed by atoms with Crippen LogP contribution in [-0.4, -0.2) is 73.3 Å². The Morgan fingerprint density at radius 2 is 1.68 bits per heavy atom. The molecule has 1 N–H and O–H groups in total. The minimum absolute atomic E-state index is 0.277. The molecule has 2 rings (SSSR count). The highest BCUT2D eigenvalue weighted by Crippen LogP contribution is 2.12. The SMILES string of the molecule is CCOC(=O)N1CCN(C(=O)C(=O)NN=C(C)Cc2ccc(OC)cc2)CC1. The van der Waals surface area contributed by atoms with Crippen molar-refractivity contribution in [3.63, 3.8) is 0 Å². The second kappa shape index (κ2) is 10.3. The number of benzene rings is 1. The summed E-state index contributed by atoms with van der Waals surface area (Å²) in [5, 5.41) is 4.00. The van der Waals surface area contributed by atoms with E-state index in [1.54, 1.807) is 21.0 Å². The van der Waals surface area contributed by atoms with Crippen LogP contribution in [0.25, 0.3) is 0 Å². The Kier molecular flexibility index (Phi) is 7.79. The average Bonchev–Trinajstić information content (AvgIpc) is 2.72. The third kappa shape index (κ3) is 5.97. The summed E-state index contributed by atoms with van der Waals surface area (Å²) in [6, 6.07) is 7.52. The van der Waals surface area contributed by atoms with Gasteiger partial charge in [-0.2, -0.15) is 5.10 Å². The Labute approximate surface area is 164 Å². The van der Waals surface area contributed by atoms with E-state index in [-0.39, 0.29) is 13.1 Å². The summed E-state index contributed by atoms with van der Waals surface area (Å²) in [6.45, 7) is 5.02. The molecule has 0 spiro atoms. The highest BCUT2D eigenvalue weighted by Gasteiger charge is 2.28. The normalized spacial score (nSPS) is 14.5. The molecule has 0 unspecified atom stereocenters. The van der Waals surface area contributed by atoms with Crippen LogP contribution < -0.4 is 10.2 Å². The summed E-state index contributed by atoms with van der Waals surface area (Å²) < 4.78 is 10.0. The van der Waals surface area contributed by atoms with Crippen LogP contribution in [0.2, 0.25) is 0 Å². The van der Waals surface area contributed by atoms with Gasteiger partial charge < -0.3 is 19.3 Å². The first-order valence-electron chi connectivity index (χ1n) is 9.11. The topological polar surface area (TPSA) is 101 Å². The minimum atomic E-state index is -0.793. The zero-order valence-corrected chi connectivity index (χ0v) is 16.4. The highest BCUT2D eigenvalue weighted by molar-refractivity contribution is 6.35. The van der Waals surface area contributed by atoms with Gasteiger partial charge in [0.15, 0.2) is 0 Å². The Morgan fingerprint density at radius 3 is 2.25 bits per heavy atom. The minimum Gasteiger partial charge on any atom is -0.497 e. The lowest BCUT2D eigenvalue weighted by Crippen LogP contribution is -2.53. The molecule has 1 aromatic rings. The lowest BCUT2D eigenvalue weighted by Gasteiger charge is -2.33. The van der Waals surface area contributed by atoms with Crippen molar-refractivity contribution in [1.82, 2.24) is 15.2 Å². The largest absolute Gasteiger partial charge is 0.497 e. The number of ether oxygens (including phenoxy) is 2. The first-order chi connectivity index (χ1) is 13.4. The fourth-order valence-electron chi connectivity index (χ4n) is 2.72. The van der Waals surface area contributed by atoms with Gasteiger partial charge in [-0.05, 0) is 31.5 Å². The van der Waals surface area contributed by atoms with Crippen LogP contribution in [-0.2, 0) is 20.7 Å².